The first kappa shape index (κ1) is 22.6. The third kappa shape index (κ3) is 5.25. The highest BCUT2D eigenvalue weighted by Crippen LogP contribution is 2.39. The number of halogens is 3. The van der Waals surface area contributed by atoms with Gasteiger partial charge < -0.3 is 4.74 Å². The molecule has 0 N–H and O–H groups in total. The number of amides is 2. The molecule has 158 valence electrons. The van der Waals surface area contributed by atoms with Crippen LogP contribution in [0, 0.1) is 5.41 Å². The Hall–Kier alpha value is -2.64. The molecule has 0 aliphatic carbocycles. The molecule has 8 heteroatoms. The molecule has 1 heterocycles. The summed E-state index contributed by atoms with van der Waals surface area (Å²) in [6, 6.07) is 4.63. The lowest BCUT2D eigenvalue weighted by atomic mass is 9.81. The highest BCUT2D eigenvalue weighted by Gasteiger charge is 2.56. The van der Waals surface area contributed by atoms with Gasteiger partial charge in [-0.25, -0.2) is 0 Å². The lowest BCUT2D eigenvalue weighted by molar-refractivity contribution is -0.171. The molecule has 1 aliphatic heterocycles. The molecule has 0 saturated carbocycles. The van der Waals surface area contributed by atoms with Crippen LogP contribution in [0.3, 0.4) is 0 Å². The van der Waals surface area contributed by atoms with Crippen molar-refractivity contribution >= 4 is 23.9 Å². The van der Waals surface area contributed by atoms with Gasteiger partial charge in [0, 0.05) is 7.05 Å². The number of allylic oxidation sites excluding steroid dienone is 1. The molecule has 1 atom stereocenters. The average Bonchev–Trinajstić information content (AvgIpc) is 2.82. The predicted molar refractivity (Wildman–Crippen MR) is 100 cm³/mol. The fourth-order valence-corrected chi connectivity index (χ4v) is 3.05. The van der Waals surface area contributed by atoms with E-state index < -0.39 is 40.5 Å². The number of alkyl halides is 3. The summed E-state index contributed by atoms with van der Waals surface area (Å²) in [5, 5.41) is 0. The van der Waals surface area contributed by atoms with Gasteiger partial charge in [-0.1, -0.05) is 24.3 Å². The van der Waals surface area contributed by atoms with E-state index in [1.54, 1.807) is 32.9 Å². The Morgan fingerprint density at radius 2 is 1.76 bits per heavy atom. The van der Waals surface area contributed by atoms with E-state index in [0.717, 1.165) is 17.0 Å². The molecule has 1 aromatic carbocycles. The molecular formula is C21H24F3NO4. The quantitative estimate of drug-likeness (QED) is 0.414. The Bertz CT molecular complexity index is 822. The number of imide groups is 1. The minimum absolute atomic E-state index is 0.0635. The summed E-state index contributed by atoms with van der Waals surface area (Å²) in [6.45, 7) is 5.02. The van der Waals surface area contributed by atoms with E-state index in [9.17, 15) is 27.6 Å². The first-order valence-electron chi connectivity index (χ1n) is 9.14. The summed E-state index contributed by atoms with van der Waals surface area (Å²) in [5.41, 5.74) is -2.58. The second-order valence-corrected chi connectivity index (χ2v) is 8.08. The van der Waals surface area contributed by atoms with Crippen molar-refractivity contribution in [3.8, 4) is 0 Å². The lowest BCUT2D eigenvalue weighted by Gasteiger charge is -2.28. The highest BCUT2D eigenvalue weighted by molar-refractivity contribution is 6.15. The number of likely N-dealkylation sites (tertiary alicyclic amines) is 1. The summed E-state index contributed by atoms with van der Waals surface area (Å²) in [6.07, 6.45) is -1.06. The van der Waals surface area contributed by atoms with Crippen LogP contribution >= 0.6 is 0 Å². The van der Waals surface area contributed by atoms with E-state index in [-0.39, 0.29) is 19.3 Å². The maximum atomic E-state index is 12.7. The first-order chi connectivity index (χ1) is 13.3. The van der Waals surface area contributed by atoms with Gasteiger partial charge in [-0.2, -0.15) is 13.2 Å². The molecule has 0 spiro atoms. The van der Waals surface area contributed by atoms with Gasteiger partial charge in [0.1, 0.15) is 5.60 Å². The first-order valence-corrected chi connectivity index (χ1v) is 9.14. The van der Waals surface area contributed by atoms with Crippen molar-refractivity contribution in [1.29, 1.82) is 0 Å². The van der Waals surface area contributed by atoms with Crippen LogP contribution in [0.1, 0.15) is 51.2 Å². The number of carbonyl (C=O) groups is 3. The molecule has 0 bridgehead atoms. The van der Waals surface area contributed by atoms with Crippen LogP contribution in [0.5, 0.6) is 0 Å². The van der Waals surface area contributed by atoms with Gasteiger partial charge in [0.2, 0.25) is 11.8 Å². The molecule has 0 aromatic heterocycles. The van der Waals surface area contributed by atoms with E-state index in [4.69, 9.17) is 4.74 Å². The summed E-state index contributed by atoms with van der Waals surface area (Å²) in [7, 11) is 1.33. The van der Waals surface area contributed by atoms with Crippen LogP contribution in [-0.2, 0) is 25.3 Å². The van der Waals surface area contributed by atoms with Crippen molar-refractivity contribution in [3.05, 3.63) is 41.5 Å². The van der Waals surface area contributed by atoms with Gasteiger partial charge >= 0.3 is 12.1 Å². The second-order valence-electron chi connectivity index (χ2n) is 8.08. The molecule has 5 nitrogen and oxygen atoms in total. The Labute approximate surface area is 167 Å². The maximum absolute atomic E-state index is 12.7. The van der Waals surface area contributed by atoms with E-state index in [0.29, 0.717) is 5.56 Å². The molecule has 1 unspecified atom stereocenters. The van der Waals surface area contributed by atoms with Crippen LogP contribution in [0.2, 0.25) is 0 Å². The Kier molecular flexibility index (Phi) is 6.25. The third-order valence-corrected chi connectivity index (χ3v) is 4.62. The molecule has 2 amide bonds. The molecule has 0 radical (unpaired) electrons. The van der Waals surface area contributed by atoms with Crippen molar-refractivity contribution < 1.29 is 32.3 Å². The predicted octanol–water partition coefficient (Wildman–Crippen LogP) is 4.22. The number of ether oxygens (including phenoxy) is 1. The van der Waals surface area contributed by atoms with Gasteiger partial charge in [-0.15, -0.1) is 0 Å². The number of benzene rings is 1. The fourth-order valence-electron chi connectivity index (χ4n) is 3.05. The van der Waals surface area contributed by atoms with Crippen molar-refractivity contribution in [1.82, 2.24) is 4.90 Å². The normalized spacial score (nSPS) is 20.6. The van der Waals surface area contributed by atoms with Crippen molar-refractivity contribution in [2.24, 2.45) is 5.41 Å². The van der Waals surface area contributed by atoms with E-state index in [2.05, 4.69) is 0 Å². The summed E-state index contributed by atoms with van der Waals surface area (Å²) in [5.74, 6) is -1.79. The zero-order valence-electron chi connectivity index (χ0n) is 16.8. The van der Waals surface area contributed by atoms with Crippen LogP contribution in [0.15, 0.2) is 30.3 Å². The van der Waals surface area contributed by atoms with E-state index in [1.165, 1.54) is 19.2 Å². The minimum Gasteiger partial charge on any atom is -0.459 e. The SMILES string of the molecule is CN1C(=O)CC(CC/C=C/c2ccc(C(F)(F)F)cc2)(C(=O)OC(C)(C)C)C1=O. The Morgan fingerprint density at radius 3 is 2.21 bits per heavy atom. The molecule has 2 rings (SSSR count). The smallest absolute Gasteiger partial charge is 0.416 e. The number of rotatable bonds is 5. The molecule has 1 fully saturated rings. The molecule has 1 aliphatic rings. The van der Waals surface area contributed by atoms with Crippen molar-refractivity contribution in [2.45, 2.75) is 51.8 Å². The highest BCUT2D eigenvalue weighted by atomic mass is 19.4. The van der Waals surface area contributed by atoms with Gasteiger partial charge in [0.05, 0.1) is 12.0 Å². The largest absolute Gasteiger partial charge is 0.459 e. The van der Waals surface area contributed by atoms with Crippen molar-refractivity contribution in [2.75, 3.05) is 7.05 Å². The standard InChI is InChI=1S/C21H24F3NO4/c1-19(2,3)29-18(28)20(13-16(26)25(4)17(20)27)12-6-5-7-14-8-10-15(11-9-14)21(22,23)24/h5,7-11H,6,12-13H2,1-4H3/b7-5+. The molecule has 1 saturated heterocycles. The minimum atomic E-state index is -4.40. The van der Waals surface area contributed by atoms with E-state index in [1.807, 2.05) is 0 Å². The Balaban J connectivity index is 2.13. The summed E-state index contributed by atoms with van der Waals surface area (Å²) in [4.78, 5) is 38.3. The van der Waals surface area contributed by atoms with Crippen LogP contribution in [0.25, 0.3) is 6.08 Å². The fraction of sp³-hybridized carbons (Fsp3) is 0.476. The number of esters is 1. The lowest BCUT2D eigenvalue weighted by Crippen LogP contribution is -2.43. The summed E-state index contributed by atoms with van der Waals surface area (Å²) < 4.78 is 43.2. The van der Waals surface area contributed by atoms with Gasteiger partial charge in [0.15, 0.2) is 5.41 Å². The van der Waals surface area contributed by atoms with Crippen LogP contribution < -0.4 is 0 Å². The third-order valence-electron chi connectivity index (χ3n) is 4.62. The van der Waals surface area contributed by atoms with Crippen molar-refractivity contribution in [3.63, 3.8) is 0 Å². The van der Waals surface area contributed by atoms with Gasteiger partial charge in [0.25, 0.3) is 0 Å². The van der Waals surface area contributed by atoms with Gasteiger partial charge in [-0.05, 0) is 51.3 Å². The zero-order chi connectivity index (χ0) is 22.0. The van der Waals surface area contributed by atoms with E-state index >= 15 is 0 Å². The number of hydrogen-bond acceptors (Lipinski definition) is 4. The average molecular weight is 411 g/mol. The Morgan fingerprint density at radius 1 is 1.17 bits per heavy atom. The topological polar surface area (TPSA) is 63.7 Å². The number of hydrogen-bond donors (Lipinski definition) is 0. The van der Waals surface area contributed by atoms with Gasteiger partial charge in [-0.3, -0.25) is 19.3 Å². The monoisotopic (exact) mass is 411 g/mol. The molecule has 1 aromatic rings. The maximum Gasteiger partial charge on any atom is 0.416 e. The van der Waals surface area contributed by atoms with Crippen LogP contribution in [-0.4, -0.2) is 35.3 Å². The van der Waals surface area contributed by atoms with Crippen LogP contribution in [0.4, 0.5) is 13.2 Å². The summed E-state index contributed by atoms with van der Waals surface area (Å²) >= 11 is 0. The number of carbonyl (C=O) groups excluding carboxylic acids is 3. The molecule has 29 heavy (non-hydrogen) atoms. The number of nitrogens with zero attached hydrogens (tertiary/aromatic N) is 1. The molecular weight excluding hydrogens is 387 g/mol. The second kappa shape index (κ2) is 8.00. The zero-order valence-corrected chi connectivity index (χ0v) is 16.8.